The molecule has 0 spiro atoms. The van der Waals surface area contributed by atoms with Gasteiger partial charge in [-0.2, -0.15) is 5.26 Å². The van der Waals surface area contributed by atoms with E-state index in [0.29, 0.717) is 12.0 Å². The molecule has 0 bridgehead atoms. The SMILES string of the molecule is Cc1cc(C)cc(CC(NC(=O)c2ccc(-c3ccc(C4(C(N)=O)CC4)cc3)cc2)C(=O)NCC#N)c1. The van der Waals surface area contributed by atoms with E-state index in [-0.39, 0.29) is 18.4 Å². The first-order valence-electron chi connectivity index (χ1n) is 12.3. The van der Waals surface area contributed by atoms with Crippen molar-refractivity contribution in [2.75, 3.05) is 6.54 Å². The van der Waals surface area contributed by atoms with E-state index in [1.807, 2.05) is 74.5 Å². The molecular weight excluding hydrogens is 464 g/mol. The largest absolute Gasteiger partial charge is 0.369 e. The molecule has 0 radical (unpaired) electrons. The predicted octanol–water partition coefficient (Wildman–Crippen LogP) is 3.47. The van der Waals surface area contributed by atoms with E-state index in [4.69, 9.17) is 11.0 Å². The van der Waals surface area contributed by atoms with Gasteiger partial charge in [-0.3, -0.25) is 14.4 Å². The number of hydrogen-bond acceptors (Lipinski definition) is 4. The average molecular weight is 495 g/mol. The van der Waals surface area contributed by atoms with Crippen LogP contribution >= 0.6 is 0 Å². The van der Waals surface area contributed by atoms with Gasteiger partial charge < -0.3 is 16.4 Å². The number of carbonyl (C=O) groups is 3. The van der Waals surface area contributed by atoms with Gasteiger partial charge in [0.1, 0.15) is 12.6 Å². The van der Waals surface area contributed by atoms with Crippen molar-refractivity contribution in [1.29, 1.82) is 5.26 Å². The Kier molecular flexibility index (Phi) is 7.40. The first-order valence-corrected chi connectivity index (χ1v) is 12.3. The molecule has 3 aromatic rings. The lowest BCUT2D eigenvalue weighted by Gasteiger charge is -2.19. The van der Waals surface area contributed by atoms with E-state index in [0.717, 1.165) is 46.2 Å². The molecule has 3 aromatic carbocycles. The van der Waals surface area contributed by atoms with E-state index in [2.05, 4.69) is 10.6 Å². The van der Waals surface area contributed by atoms with Crippen molar-refractivity contribution in [3.05, 3.63) is 94.5 Å². The Balaban J connectivity index is 1.47. The number of nitrogens with two attached hydrogens (primary N) is 1. The van der Waals surface area contributed by atoms with Crippen molar-refractivity contribution >= 4 is 17.7 Å². The lowest BCUT2D eigenvalue weighted by molar-refractivity contribution is -0.122. The fraction of sp³-hybridized carbons (Fsp3) is 0.267. The third-order valence-corrected chi connectivity index (χ3v) is 6.82. The van der Waals surface area contributed by atoms with Crippen LogP contribution in [0.15, 0.2) is 66.7 Å². The summed E-state index contributed by atoms with van der Waals surface area (Å²) in [4.78, 5) is 37.5. The number of hydrogen-bond donors (Lipinski definition) is 3. The number of rotatable bonds is 9. The number of nitrogens with zero attached hydrogens (tertiary/aromatic N) is 1. The number of primary amides is 1. The third kappa shape index (κ3) is 5.87. The van der Waals surface area contributed by atoms with Crippen LogP contribution in [-0.2, 0) is 21.4 Å². The van der Waals surface area contributed by atoms with Crippen LogP contribution in [0.1, 0.15) is 45.5 Å². The second-order valence-electron chi connectivity index (χ2n) is 9.70. The summed E-state index contributed by atoms with van der Waals surface area (Å²) in [5.41, 5.74) is 11.4. The van der Waals surface area contributed by atoms with Crippen molar-refractivity contribution in [2.45, 2.75) is 44.6 Å². The summed E-state index contributed by atoms with van der Waals surface area (Å²) >= 11 is 0. The molecule has 4 N–H and O–H groups in total. The smallest absolute Gasteiger partial charge is 0.251 e. The van der Waals surface area contributed by atoms with Crippen molar-refractivity contribution < 1.29 is 14.4 Å². The van der Waals surface area contributed by atoms with Crippen LogP contribution in [0, 0.1) is 25.2 Å². The minimum atomic E-state index is -0.825. The van der Waals surface area contributed by atoms with Crippen molar-refractivity contribution in [2.24, 2.45) is 5.73 Å². The molecule has 0 aliphatic heterocycles. The molecular formula is C30H30N4O3. The number of carbonyl (C=O) groups excluding carboxylic acids is 3. The molecule has 1 saturated carbocycles. The highest BCUT2D eigenvalue weighted by Crippen LogP contribution is 2.48. The number of amides is 3. The van der Waals surface area contributed by atoms with Gasteiger partial charge in [0.15, 0.2) is 0 Å². The maximum Gasteiger partial charge on any atom is 0.251 e. The van der Waals surface area contributed by atoms with Crippen LogP contribution < -0.4 is 16.4 Å². The quantitative estimate of drug-likeness (QED) is 0.394. The van der Waals surface area contributed by atoms with Crippen LogP contribution in [0.25, 0.3) is 11.1 Å². The molecule has 0 heterocycles. The topological polar surface area (TPSA) is 125 Å². The van der Waals surface area contributed by atoms with Gasteiger partial charge in [-0.15, -0.1) is 0 Å². The third-order valence-electron chi connectivity index (χ3n) is 6.82. The minimum Gasteiger partial charge on any atom is -0.369 e. The van der Waals surface area contributed by atoms with Gasteiger partial charge in [0.05, 0.1) is 11.5 Å². The number of nitriles is 1. The van der Waals surface area contributed by atoms with Gasteiger partial charge in [0, 0.05) is 12.0 Å². The fourth-order valence-electron chi connectivity index (χ4n) is 4.72. The van der Waals surface area contributed by atoms with Crippen LogP contribution in [0.4, 0.5) is 0 Å². The summed E-state index contributed by atoms with van der Waals surface area (Å²) in [6, 6.07) is 22.0. The molecule has 188 valence electrons. The maximum absolute atomic E-state index is 13.0. The fourth-order valence-corrected chi connectivity index (χ4v) is 4.72. The van der Waals surface area contributed by atoms with Crippen molar-refractivity contribution in [1.82, 2.24) is 10.6 Å². The first-order chi connectivity index (χ1) is 17.7. The zero-order valence-corrected chi connectivity index (χ0v) is 21.0. The normalized spacial score (nSPS) is 14.2. The molecule has 4 rings (SSSR count). The monoisotopic (exact) mass is 494 g/mol. The molecule has 0 saturated heterocycles. The summed E-state index contributed by atoms with van der Waals surface area (Å²) in [5, 5.41) is 14.2. The molecule has 1 atom stereocenters. The summed E-state index contributed by atoms with van der Waals surface area (Å²) in [5.74, 6) is -1.07. The Hall–Kier alpha value is -4.44. The molecule has 1 aliphatic carbocycles. The lowest BCUT2D eigenvalue weighted by Crippen LogP contribution is -2.48. The first kappa shape index (κ1) is 25.6. The van der Waals surface area contributed by atoms with Crippen LogP contribution in [0.2, 0.25) is 0 Å². The van der Waals surface area contributed by atoms with Gasteiger partial charge in [-0.1, -0.05) is 65.7 Å². The Morgan fingerprint density at radius 2 is 1.51 bits per heavy atom. The number of nitrogens with one attached hydrogen (secondary N) is 2. The van der Waals surface area contributed by atoms with Crippen molar-refractivity contribution in [3.8, 4) is 17.2 Å². The molecule has 1 aliphatic rings. The predicted molar refractivity (Wildman–Crippen MR) is 141 cm³/mol. The number of aryl methyl sites for hydroxylation is 2. The molecule has 1 fully saturated rings. The second kappa shape index (κ2) is 10.7. The second-order valence-corrected chi connectivity index (χ2v) is 9.70. The molecule has 7 heteroatoms. The zero-order valence-electron chi connectivity index (χ0n) is 21.0. The van der Waals surface area contributed by atoms with Gasteiger partial charge >= 0.3 is 0 Å². The molecule has 7 nitrogen and oxygen atoms in total. The van der Waals surface area contributed by atoms with E-state index in [9.17, 15) is 14.4 Å². The van der Waals surface area contributed by atoms with Gasteiger partial charge in [0.2, 0.25) is 11.8 Å². The lowest BCUT2D eigenvalue weighted by atomic mass is 9.93. The Bertz CT molecular complexity index is 1350. The Labute approximate surface area is 216 Å². The van der Waals surface area contributed by atoms with Crippen molar-refractivity contribution in [3.63, 3.8) is 0 Å². The highest BCUT2D eigenvalue weighted by molar-refractivity contribution is 5.98. The molecule has 1 unspecified atom stereocenters. The average Bonchev–Trinajstić information content (AvgIpc) is 3.69. The Morgan fingerprint density at radius 1 is 0.946 bits per heavy atom. The number of benzene rings is 3. The standard InChI is InChI=1S/C30H30N4O3/c1-19-15-20(2)17-21(16-19)18-26(28(36)33-14-13-31)34-27(35)24-5-3-22(4-6-24)23-7-9-25(10-8-23)30(11-12-30)29(32)37/h3-10,15-17,26H,11-12,14,18H2,1-2H3,(H2,32,37)(H,33,36)(H,34,35). The van der Waals surface area contributed by atoms with Crippen LogP contribution in [0.5, 0.6) is 0 Å². The van der Waals surface area contributed by atoms with Crippen LogP contribution in [-0.4, -0.2) is 30.3 Å². The molecule has 0 aromatic heterocycles. The van der Waals surface area contributed by atoms with E-state index in [1.165, 1.54) is 0 Å². The van der Waals surface area contributed by atoms with E-state index in [1.54, 1.807) is 12.1 Å². The van der Waals surface area contributed by atoms with E-state index < -0.39 is 17.4 Å². The van der Waals surface area contributed by atoms with Gasteiger partial charge in [-0.25, -0.2) is 0 Å². The maximum atomic E-state index is 13.0. The molecule has 37 heavy (non-hydrogen) atoms. The van der Waals surface area contributed by atoms with Gasteiger partial charge in [-0.05, 0) is 61.1 Å². The zero-order chi connectivity index (χ0) is 26.6. The minimum absolute atomic E-state index is 0.133. The highest BCUT2D eigenvalue weighted by atomic mass is 16.2. The highest BCUT2D eigenvalue weighted by Gasteiger charge is 2.49. The molecule has 3 amide bonds. The summed E-state index contributed by atoms with van der Waals surface area (Å²) in [7, 11) is 0. The van der Waals surface area contributed by atoms with Gasteiger partial charge in [0.25, 0.3) is 5.91 Å². The Morgan fingerprint density at radius 3 is 2.03 bits per heavy atom. The van der Waals surface area contributed by atoms with E-state index >= 15 is 0 Å². The summed E-state index contributed by atoms with van der Waals surface area (Å²) in [6.07, 6.45) is 1.87. The summed E-state index contributed by atoms with van der Waals surface area (Å²) < 4.78 is 0. The van der Waals surface area contributed by atoms with Crippen LogP contribution in [0.3, 0.4) is 0 Å². The summed E-state index contributed by atoms with van der Waals surface area (Å²) in [6.45, 7) is 3.83.